The number of benzene rings is 2. The van der Waals surface area contributed by atoms with Crippen LogP contribution in [0.15, 0.2) is 48.5 Å². The molecule has 1 aliphatic heterocycles. The first-order valence-corrected chi connectivity index (χ1v) is 8.27. The van der Waals surface area contributed by atoms with E-state index < -0.39 is 0 Å². The molecule has 22 heavy (non-hydrogen) atoms. The molecule has 0 radical (unpaired) electrons. The van der Waals surface area contributed by atoms with Crippen molar-refractivity contribution in [1.82, 2.24) is 4.90 Å². The molecule has 0 bridgehead atoms. The average Bonchev–Trinajstić information content (AvgIpc) is 2.94. The van der Waals surface area contributed by atoms with Crippen LogP contribution in [0.3, 0.4) is 0 Å². The van der Waals surface area contributed by atoms with E-state index in [2.05, 4.69) is 54.3 Å². The zero-order valence-corrected chi connectivity index (χ0v) is 13.8. The third-order valence-corrected chi connectivity index (χ3v) is 5.10. The van der Waals surface area contributed by atoms with Crippen LogP contribution in [-0.4, -0.2) is 24.5 Å². The summed E-state index contributed by atoms with van der Waals surface area (Å²) in [5, 5.41) is 0.840. The van der Waals surface area contributed by atoms with Crippen LogP contribution in [0, 0.1) is 12.8 Å². The highest BCUT2D eigenvalue weighted by atomic mass is 35.5. The highest BCUT2D eigenvalue weighted by Crippen LogP contribution is 2.34. The summed E-state index contributed by atoms with van der Waals surface area (Å²) in [5.74, 6) is 1.02. The number of hydrogen-bond acceptors (Lipinski definition) is 2. The Balaban J connectivity index is 1.75. The first-order valence-electron chi connectivity index (χ1n) is 7.89. The van der Waals surface area contributed by atoms with Crippen LogP contribution in [0.5, 0.6) is 0 Å². The van der Waals surface area contributed by atoms with Crippen LogP contribution in [0.25, 0.3) is 0 Å². The Labute approximate surface area is 137 Å². The predicted molar refractivity (Wildman–Crippen MR) is 93.2 cm³/mol. The Morgan fingerprint density at radius 1 is 1.14 bits per heavy atom. The van der Waals surface area contributed by atoms with Crippen molar-refractivity contribution in [2.45, 2.75) is 19.4 Å². The van der Waals surface area contributed by atoms with Crippen LogP contribution in [-0.2, 0) is 6.54 Å². The Morgan fingerprint density at radius 2 is 1.91 bits per heavy atom. The second kappa shape index (κ2) is 6.82. The van der Waals surface area contributed by atoms with Crippen molar-refractivity contribution in [3.63, 3.8) is 0 Å². The maximum Gasteiger partial charge on any atom is 0.0435 e. The Kier molecular flexibility index (Phi) is 4.82. The normalized spacial score (nSPS) is 22.1. The van der Waals surface area contributed by atoms with Crippen molar-refractivity contribution in [3.8, 4) is 0 Å². The van der Waals surface area contributed by atoms with Gasteiger partial charge in [-0.3, -0.25) is 4.90 Å². The van der Waals surface area contributed by atoms with E-state index in [1.54, 1.807) is 0 Å². The van der Waals surface area contributed by atoms with Crippen molar-refractivity contribution >= 4 is 11.6 Å². The number of likely N-dealkylation sites (tertiary alicyclic amines) is 1. The molecule has 2 aromatic rings. The van der Waals surface area contributed by atoms with Crippen molar-refractivity contribution in [1.29, 1.82) is 0 Å². The van der Waals surface area contributed by atoms with Crippen molar-refractivity contribution in [2.75, 3.05) is 19.6 Å². The lowest BCUT2D eigenvalue weighted by Gasteiger charge is -2.18. The van der Waals surface area contributed by atoms with E-state index in [0.717, 1.165) is 36.8 Å². The van der Waals surface area contributed by atoms with Gasteiger partial charge in [-0.2, -0.15) is 0 Å². The quantitative estimate of drug-likeness (QED) is 0.929. The Morgan fingerprint density at radius 3 is 2.59 bits per heavy atom. The largest absolute Gasteiger partial charge is 0.330 e. The van der Waals surface area contributed by atoms with Crippen LogP contribution in [0.1, 0.15) is 22.6 Å². The molecule has 2 aromatic carbocycles. The molecule has 1 fully saturated rings. The van der Waals surface area contributed by atoms with Crippen LogP contribution in [0.2, 0.25) is 5.02 Å². The highest BCUT2D eigenvalue weighted by molar-refractivity contribution is 6.31. The molecule has 0 spiro atoms. The van der Waals surface area contributed by atoms with E-state index in [1.165, 1.54) is 11.1 Å². The Hall–Kier alpha value is -1.35. The number of halogens is 1. The van der Waals surface area contributed by atoms with Gasteiger partial charge in [0.2, 0.25) is 0 Å². The molecule has 1 saturated heterocycles. The highest BCUT2D eigenvalue weighted by Gasteiger charge is 2.32. The van der Waals surface area contributed by atoms with Crippen molar-refractivity contribution < 1.29 is 0 Å². The van der Waals surface area contributed by atoms with Gasteiger partial charge in [-0.1, -0.05) is 54.1 Å². The van der Waals surface area contributed by atoms with Gasteiger partial charge in [0.15, 0.2) is 0 Å². The molecule has 0 aliphatic carbocycles. The predicted octanol–water partition coefficient (Wildman–Crippen LogP) is 3.82. The second-order valence-electron chi connectivity index (χ2n) is 6.29. The van der Waals surface area contributed by atoms with E-state index in [4.69, 9.17) is 17.3 Å². The van der Waals surface area contributed by atoms with Gasteiger partial charge in [0, 0.05) is 30.6 Å². The fraction of sp³-hybridized carbons (Fsp3) is 0.368. The molecular formula is C19H23ClN2. The smallest absolute Gasteiger partial charge is 0.0435 e. The van der Waals surface area contributed by atoms with Gasteiger partial charge >= 0.3 is 0 Å². The minimum absolute atomic E-state index is 0.504. The molecule has 2 atom stereocenters. The zero-order chi connectivity index (χ0) is 15.5. The van der Waals surface area contributed by atoms with E-state index in [1.807, 2.05) is 6.07 Å². The van der Waals surface area contributed by atoms with Gasteiger partial charge in [-0.25, -0.2) is 0 Å². The van der Waals surface area contributed by atoms with Gasteiger partial charge in [0.05, 0.1) is 0 Å². The second-order valence-corrected chi connectivity index (χ2v) is 6.70. The van der Waals surface area contributed by atoms with Crippen molar-refractivity contribution in [3.05, 3.63) is 70.2 Å². The fourth-order valence-electron chi connectivity index (χ4n) is 3.45. The summed E-state index contributed by atoms with van der Waals surface area (Å²) in [6, 6.07) is 17.1. The maximum absolute atomic E-state index is 6.16. The van der Waals surface area contributed by atoms with Crippen LogP contribution < -0.4 is 5.73 Å². The van der Waals surface area contributed by atoms with E-state index >= 15 is 0 Å². The SMILES string of the molecule is Cc1cc([C@H]2CN(Cc3ccccc3)C[C@H]2CN)ccc1Cl. The molecule has 1 heterocycles. The summed E-state index contributed by atoms with van der Waals surface area (Å²) < 4.78 is 0. The summed E-state index contributed by atoms with van der Waals surface area (Å²) in [5.41, 5.74) is 9.92. The number of nitrogens with two attached hydrogens (primary N) is 1. The molecular weight excluding hydrogens is 292 g/mol. The average molecular weight is 315 g/mol. The number of nitrogens with zero attached hydrogens (tertiary/aromatic N) is 1. The summed E-state index contributed by atoms with van der Waals surface area (Å²) in [7, 11) is 0. The Bertz CT molecular complexity index is 627. The van der Waals surface area contributed by atoms with Crippen LogP contribution in [0.4, 0.5) is 0 Å². The van der Waals surface area contributed by atoms with Gasteiger partial charge in [0.25, 0.3) is 0 Å². The molecule has 2 nitrogen and oxygen atoms in total. The lowest BCUT2D eigenvalue weighted by Crippen LogP contribution is -2.23. The third kappa shape index (κ3) is 3.35. The number of rotatable bonds is 4. The third-order valence-electron chi connectivity index (χ3n) is 4.68. The summed E-state index contributed by atoms with van der Waals surface area (Å²) >= 11 is 6.16. The van der Waals surface area contributed by atoms with E-state index in [0.29, 0.717) is 11.8 Å². The summed E-state index contributed by atoms with van der Waals surface area (Å²) in [4.78, 5) is 2.52. The molecule has 0 saturated carbocycles. The number of aryl methyl sites for hydroxylation is 1. The zero-order valence-electron chi connectivity index (χ0n) is 13.0. The monoisotopic (exact) mass is 314 g/mol. The van der Waals surface area contributed by atoms with Gasteiger partial charge in [0.1, 0.15) is 0 Å². The van der Waals surface area contributed by atoms with Gasteiger partial charge in [-0.05, 0) is 42.1 Å². The molecule has 0 aromatic heterocycles. The molecule has 0 amide bonds. The molecule has 2 N–H and O–H groups in total. The molecule has 0 unspecified atom stereocenters. The lowest BCUT2D eigenvalue weighted by molar-refractivity contribution is 0.317. The lowest BCUT2D eigenvalue weighted by atomic mass is 9.88. The number of hydrogen-bond donors (Lipinski definition) is 1. The maximum atomic E-state index is 6.16. The topological polar surface area (TPSA) is 29.3 Å². The summed E-state index contributed by atoms with van der Waals surface area (Å²) in [6.45, 7) is 5.94. The van der Waals surface area contributed by atoms with E-state index in [9.17, 15) is 0 Å². The van der Waals surface area contributed by atoms with Crippen LogP contribution >= 0.6 is 11.6 Å². The minimum Gasteiger partial charge on any atom is -0.330 e. The molecule has 1 aliphatic rings. The van der Waals surface area contributed by atoms with Gasteiger partial charge in [-0.15, -0.1) is 0 Å². The van der Waals surface area contributed by atoms with Crippen molar-refractivity contribution in [2.24, 2.45) is 11.7 Å². The summed E-state index contributed by atoms with van der Waals surface area (Å²) in [6.07, 6.45) is 0. The van der Waals surface area contributed by atoms with E-state index in [-0.39, 0.29) is 0 Å². The first kappa shape index (κ1) is 15.5. The standard InChI is InChI=1S/C19H23ClN2/c1-14-9-16(7-8-19(14)20)18-13-22(12-17(18)10-21)11-15-5-3-2-4-6-15/h2-9,17-18H,10-13,21H2,1H3/t17-,18-/m1/s1. The van der Waals surface area contributed by atoms with Gasteiger partial charge < -0.3 is 5.73 Å². The molecule has 116 valence electrons. The fourth-order valence-corrected chi connectivity index (χ4v) is 3.56. The molecule has 3 heteroatoms. The minimum atomic E-state index is 0.504. The first-order chi connectivity index (χ1) is 10.7. The molecule has 3 rings (SSSR count).